The zero-order chi connectivity index (χ0) is 15.1. The van der Waals surface area contributed by atoms with Gasteiger partial charge in [-0.25, -0.2) is 9.97 Å². The third kappa shape index (κ3) is 3.43. The maximum Gasteiger partial charge on any atom is 0.272 e. The van der Waals surface area contributed by atoms with E-state index in [1.165, 1.54) is 12.8 Å². The number of aryl methyl sites for hydroxylation is 1. The van der Waals surface area contributed by atoms with Gasteiger partial charge in [-0.15, -0.1) is 24.8 Å². The van der Waals surface area contributed by atoms with Crippen molar-refractivity contribution in [3.05, 3.63) is 35.9 Å². The lowest BCUT2D eigenvalue weighted by Crippen LogP contribution is -2.49. The maximum atomic E-state index is 12.9. The third-order valence-corrected chi connectivity index (χ3v) is 4.45. The van der Waals surface area contributed by atoms with Crippen molar-refractivity contribution in [3.63, 3.8) is 0 Å². The van der Waals surface area contributed by atoms with Crippen LogP contribution in [0.1, 0.15) is 46.9 Å². The fraction of sp³-hybridized carbons (Fsp3) is 0.533. The molecule has 2 N–H and O–H groups in total. The predicted molar refractivity (Wildman–Crippen MR) is 94.9 cm³/mol. The normalized spacial score (nSPS) is 20.2. The summed E-state index contributed by atoms with van der Waals surface area (Å²) in [7, 11) is 1.96. The van der Waals surface area contributed by atoms with Crippen LogP contribution in [0.15, 0.2) is 18.6 Å². The summed E-state index contributed by atoms with van der Waals surface area (Å²) >= 11 is 0. The molecule has 0 spiro atoms. The second-order valence-electron chi connectivity index (χ2n) is 6.07. The van der Waals surface area contributed by atoms with Gasteiger partial charge in [0.25, 0.3) is 5.91 Å². The Morgan fingerprint density at radius 2 is 2.08 bits per heavy atom. The van der Waals surface area contributed by atoms with Gasteiger partial charge in [-0.3, -0.25) is 4.79 Å². The number of amides is 1. The molecule has 3 heterocycles. The molecular weight excluding hydrogens is 351 g/mol. The van der Waals surface area contributed by atoms with Gasteiger partial charge in [0.1, 0.15) is 23.4 Å². The van der Waals surface area contributed by atoms with Gasteiger partial charge in [-0.1, -0.05) is 0 Å². The molecule has 1 atom stereocenters. The number of carbonyl (C=O) groups is 1. The van der Waals surface area contributed by atoms with Crippen LogP contribution in [0.25, 0.3) is 0 Å². The van der Waals surface area contributed by atoms with Gasteiger partial charge in [0.15, 0.2) is 0 Å². The van der Waals surface area contributed by atoms with Crippen molar-refractivity contribution in [2.75, 3.05) is 19.6 Å². The first kappa shape index (κ1) is 18.8. The number of hydrogen-bond donors (Lipinski definition) is 2. The summed E-state index contributed by atoms with van der Waals surface area (Å²) < 4.78 is 1.97. The molecule has 1 saturated heterocycles. The van der Waals surface area contributed by atoms with E-state index < -0.39 is 0 Å². The van der Waals surface area contributed by atoms with Gasteiger partial charge in [0, 0.05) is 45.0 Å². The van der Waals surface area contributed by atoms with Crippen molar-refractivity contribution in [2.45, 2.75) is 24.8 Å². The molecule has 2 aromatic rings. The molecule has 2 aromatic heterocycles. The van der Waals surface area contributed by atoms with Gasteiger partial charge in [0.05, 0.1) is 6.20 Å². The quantitative estimate of drug-likeness (QED) is 0.858. The van der Waals surface area contributed by atoms with E-state index in [4.69, 9.17) is 0 Å². The number of rotatable bonds is 3. The number of piperazine rings is 1. The first-order valence-corrected chi connectivity index (χ1v) is 7.78. The van der Waals surface area contributed by atoms with Crippen LogP contribution in [0.2, 0.25) is 0 Å². The fourth-order valence-electron chi connectivity index (χ4n) is 3.04. The van der Waals surface area contributed by atoms with E-state index in [2.05, 4.69) is 20.3 Å². The SMILES string of the molecule is Cl.Cl.Cn1ccnc1C1CNCCN1C(=O)c1cnc(C2CC2)[nH]1. The Morgan fingerprint density at radius 3 is 2.75 bits per heavy atom. The summed E-state index contributed by atoms with van der Waals surface area (Å²) in [6.07, 6.45) is 7.70. The molecule has 0 aromatic carbocycles. The van der Waals surface area contributed by atoms with E-state index in [0.29, 0.717) is 18.2 Å². The van der Waals surface area contributed by atoms with Gasteiger partial charge >= 0.3 is 0 Å². The van der Waals surface area contributed by atoms with E-state index in [1.807, 2.05) is 22.7 Å². The average molecular weight is 373 g/mol. The predicted octanol–water partition coefficient (Wildman–Crippen LogP) is 1.65. The maximum absolute atomic E-state index is 12.9. The van der Waals surface area contributed by atoms with E-state index in [0.717, 1.165) is 24.7 Å². The number of aromatic amines is 1. The molecule has 24 heavy (non-hydrogen) atoms. The number of H-pyrrole nitrogens is 1. The van der Waals surface area contributed by atoms with Crippen LogP contribution in [0.3, 0.4) is 0 Å². The lowest BCUT2D eigenvalue weighted by atomic mass is 10.1. The molecule has 2 aliphatic rings. The summed E-state index contributed by atoms with van der Waals surface area (Å²) in [5.74, 6) is 2.39. The van der Waals surface area contributed by atoms with Gasteiger partial charge in [-0.05, 0) is 12.8 Å². The van der Waals surface area contributed by atoms with Crippen LogP contribution in [0.5, 0.6) is 0 Å². The molecule has 9 heteroatoms. The fourth-order valence-corrected chi connectivity index (χ4v) is 3.04. The highest BCUT2D eigenvalue weighted by Gasteiger charge is 2.33. The lowest BCUT2D eigenvalue weighted by molar-refractivity contribution is 0.0615. The third-order valence-electron chi connectivity index (χ3n) is 4.45. The van der Waals surface area contributed by atoms with E-state index in [9.17, 15) is 4.79 Å². The molecule has 2 fully saturated rings. The van der Waals surface area contributed by atoms with Gasteiger partial charge in [0.2, 0.25) is 0 Å². The highest BCUT2D eigenvalue weighted by atomic mass is 35.5. The number of nitrogens with zero attached hydrogens (tertiary/aromatic N) is 4. The topological polar surface area (TPSA) is 78.8 Å². The van der Waals surface area contributed by atoms with Crippen molar-refractivity contribution < 1.29 is 4.79 Å². The van der Waals surface area contributed by atoms with Crippen molar-refractivity contribution in [3.8, 4) is 0 Å². The van der Waals surface area contributed by atoms with Crippen LogP contribution in [-0.4, -0.2) is 50.0 Å². The van der Waals surface area contributed by atoms with E-state index >= 15 is 0 Å². The number of aromatic nitrogens is 4. The van der Waals surface area contributed by atoms with Crippen LogP contribution in [0, 0.1) is 0 Å². The second kappa shape index (κ2) is 7.55. The molecular formula is C15H22Cl2N6O. The van der Waals surface area contributed by atoms with Gasteiger partial charge in [-0.2, -0.15) is 0 Å². The minimum absolute atomic E-state index is 0. The zero-order valence-electron chi connectivity index (χ0n) is 13.4. The minimum Gasteiger partial charge on any atom is -0.338 e. The Balaban J connectivity index is 0.00000104. The number of nitrogens with one attached hydrogen (secondary N) is 2. The van der Waals surface area contributed by atoms with Crippen LogP contribution in [-0.2, 0) is 7.05 Å². The first-order valence-electron chi connectivity index (χ1n) is 7.78. The van der Waals surface area contributed by atoms with E-state index in [1.54, 1.807) is 12.4 Å². The Bertz CT molecular complexity index is 696. The zero-order valence-corrected chi connectivity index (χ0v) is 15.1. The van der Waals surface area contributed by atoms with Crippen molar-refractivity contribution >= 4 is 30.7 Å². The summed E-state index contributed by atoms with van der Waals surface area (Å²) in [4.78, 5) is 26.7. The molecule has 1 amide bonds. The van der Waals surface area contributed by atoms with Crippen LogP contribution < -0.4 is 5.32 Å². The largest absolute Gasteiger partial charge is 0.338 e. The molecule has 132 valence electrons. The summed E-state index contributed by atoms with van der Waals surface area (Å²) in [6, 6.07) is -0.0473. The molecule has 0 bridgehead atoms. The summed E-state index contributed by atoms with van der Waals surface area (Å²) in [5, 5.41) is 3.35. The number of imidazole rings is 2. The van der Waals surface area contributed by atoms with Crippen molar-refractivity contribution in [1.82, 2.24) is 29.7 Å². The monoisotopic (exact) mass is 372 g/mol. The Labute approximate surface area is 153 Å². The molecule has 4 rings (SSSR count). The second-order valence-corrected chi connectivity index (χ2v) is 6.07. The lowest BCUT2D eigenvalue weighted by Gasteiger charge is -2.35. The highest BCUT2D eigenvalue weighted by molar-refractivity contribution is 5.92. The summed E-state index contributed by atoms with van der Waals surface area (Å²) in [6.45, 7) is 2.20. The van der Waals surface area contributed by atoms with Crippen LogP contribution >= 0.6 is 24.8 Å². The molecule has 1 aliphatic heterocycles. The molecule has 1 aliphatic carbocycles. The minimum atomic E-state index is -0.0473. The van der Waals surface area contributed by atoms with Gasteiger partial charge < -0.3 is 19.8 Å². The number of halogens is 2. The smallest absolute Gasteiger partial charge is 0.272 e. The molecule has 1 saturated carbocycles. The van der Waals surface area contributed by atoms with Crippen molar-refractivity contribution in [2.24, 2.45) is 7.05 Å². The highest BCUT2D eigenvalue weighted by Crippen LogP contribution is 2.38. The molecule has 1 unspecified atom stereocenters. The Kier molecular flexibility index (Phi) is 5.90. The first-order chi connectivity index (χ1) is 10.7. The van der Waals surface area contributed by atoms with Crippen LogP contribution in [0.4, 0.5) is 0 Å². The Morgan fingerprint density at radius 1 is 1.29 bits per heavy atom. The molecule has 7 nitrogen and oxygen atoms in total. The standard InChI is InChI=1S/C15H20N6O.2ClH/c1-20-6-5-17-14(20)12-9-16-4-7-21(12)15(22)11-8-18-13(19-11)10-2-3-10;;/h5-6,8,10,12,16H,2-4,7,9H2,1H3,(H,18,19);2*1H. The number of hydrogen-bond acceptors (Lipinski definition) is 4. The average Bonchev–Trinajstić information content (AvgIpc) is 3.11. The number of carbonyl (C=O) groups excluding carboxylic acids is 1. The molecule has 0 radical (unpaired) electrons. The Hall–Kier alpha value is -1.57. The van der Waals surface area contributed by atoms with E-state index in [-0.39, 0.29) is 36.8 Å². The summed E-state index contributed by atoms with van der Waals surface area (Å²) in [5.41, 5.74) is 0.586. The van der Waals surface area contributed by atoms with Crippen molar-refractivity contribution in [1.29, 1.82) is 0 Å².